The van der Waals surface area contributed by atoms with Crippen molar-refractivity contribution in [3.05, 3.63) is 0 Å². The SMILES string of the molecule is COC(C)(OC)[SiH2]CCOCCCN([Si](C)(C)C)[Si](C)(C)C. The average molecular weight is 366 g/mol. The van der Waals surface area contributed by atoms with Gasteiger partial charge in [0.25, 0.3) is 0 Å². The van der Waals surface area contributed by atoms with Crippen molar-refractivity contribution < 1.29 is 14.2 Å². The third-order valence-electron chi connectivity index (χ3n) is 4.07. The van der Waals surface area contributed by atoms with Gasteiger partial charge in [-0.15, -0.1) is 0 Å². The van der Waals surface area contributed by atoms with Gasteiger partial charge in [0.2, 0.25) is 0 Å². The van der Waals surface area contributed by atoms with E-state index in [0.717, 1.165) is 25.7 Å². The summed E-state index contributed by atoms with van der Waals surface area (Å²) in [5.41, 5.74) is -0.337. The van der Waals surface area contributed by atoms with Crippen LogP contribution in [-0.4, -0.2) is 69.6 Å². The molecule has 0 aromatic carbocycles. The number of ether oxygens (including phenoxy) is 3. The maximum absolute atomic E-state index is 5.82. The molecule has 0 heterocycles. The maximum atomic E-state index is 5.82. The molecule has 0 aromatic rings. The number of nitrogens with zero attached hydrogens (tertiary/aromatic N) is 1. The Morgan fingerprint density at radius 2 is 1.41 bits per heavy atom. The molecule has 0 radical (unpaired) electrons. The standard InChI is InChI=1S/C15H39NO3Si3/c1-15(17-2,18-3)20-14-13-19-12-10-11-16(21(4,5)6)22(7,8)9/h10-14,20H2,1-9H3. The van der Waals surface area contributed by atoms with Crippen LogP contribution in [0.1, 0.15) is 13.3 Å². The smallest absolute Gasteiger partial charge is 0.141 e. The van der Waals surface area contributed by atoms with Gasteiger partial charge in [-0.2, -0.15) is 0 Å². The first-order chi connectivity index (χ1) is 9.96. The van der Waals surface area contributed by atoms with Gasteiger partial charge in [-0.05, 0) is 25.9 Å². The van der Waals surface area contributed by atoms with Crippen molar-refractivity contribution >= 4 is 26.0 Å². The van der Waals surface area contributed by atoms with Gasteiger partial charge in [-0.1, -0.05) is 39.3 Å². The Hall–Kier alpha value is 0.491. The second-order valence-corrected chi connectivity index (χ2v) is 20.8. The molecular formula is C15H39NO3Si3. The van der Waals surface area contributed by atoms with Gasteiger partial charge < -0.3 is 18.4 Å². The molecule has 0 aliphatic rings. The summed E-state index contributed by atoms with van der Waals surface area (Å²) in [6, 6.07) is 1.10. The summed E-state index contributed by atoms with van der Waals surface area (Å²) in [6.45, 7) is 19.6. The molecule has 22 heavy (non-hydrogen) atoms. The van der Waals surface area contributed by atoms with E-state index in [4.69, 9.17) is 14.2 Å². The van der Waals surface area contributed by atoms with Crippen molar-refractivity contribution in [3.63, 3.8) is 0 Å². The van der Waals surface area contributed by atoms with Gasteiger partial charge in [0.15, 0.2) is 0 Å². The second kappa shape index (κ2) is 9.71. The topological polar surface area (TPSA) is 30.9 Å². The number of hydrogen-bond acceptors (Lipinski definition) is 4. The van der Waals surface area contributed by atoms with E-state index in [1.54, 1.807) is 14.2 Å². The fraction of sp³-hybridized carbons (Fsp3) is 1.00. The van der Waals surface area contributed by atoms with E-state index in [9.17, 15) is 0 Å². The molecule has 0 aliphatic heterocycles. The lowest BCUT2D eigenvalue weighted by Gasteiger charge is -2.43. The summed E-state index contributed by atoms with van der Waals surface area (Å²) < 4.78 is 19.5. The predicted molar refractivity (Wildman–Crippen MR) is 105 cm³/mol. The van der Waals surface area contributed by atoms with E-state index in [2.05, 4.69) is 43.5 Å². The van der Waals surface area contributed by atoms with E-state index in [0.29, 0.717) is 0 Å². The van der Waals surface area contributed by atoms with Crippen LogP contribution < -0.4 is 0 Å². The summed E-state index contributed by atoms with van der Waals surface area (Å²) in [5.74, 6) is 0. The molecule has 0 rings (SSSR count). The van der Waals surface area contributed by atoms with Crippen LogP contribution >= 0.6 is 0 Å². The molecule has 0 unspecified atom stereocenters. The van der Waals surface area contributed by atoms with Gasteiger partial charge in [0.05, 0.1) is 9.52 Å². The highest BCUT2D eigenvalue weighted by molar-refractivity contribution is 6.89. The highest BCUT2D eigenvalue weighted by atomic mass is 28.4. The van der Waals surface area contributed by atoms with Crippen LogP contribution in [0, 0.1) is 0 Å². The molecule has 0 aromatic heterocycles. The zero-order valence-electron chi connectivity index (χ0n) is 16.4. The predicted octanol–water partition coefficient (Wildman–Crippen LogP) is 2.92. The quantitative estimate of drug-likeness (QED) is 0.302. The summed E-state index contributed by atoms with van der Waals surface area (Å²) in [7, 11) is 0.572. The molecule has 0 spiro atoms. The van der Waals surface area contributed by atoms with Crippen molar-refractivity contribution in [1.29, 1.82) is 0 Å². The Kier molecular flexibility index (Phi) is 9.92. The summed E-state index contributed by atoms with van der Waals surface area (Å²) in [5, 5.41) is 0. The van der Waals surface area contributed by atoms with E-state index in [-0.39, 0.29) is 5.41 Å². The van der Waals surface area contributed by atoms with Crippen LogP contribution in [0.5, 0.6) is 0 Å². The van der Waals surface area contributed by atoms with Crippen LogP contribution in [0.2, 0.25) is 45.3 Å². The minimum atomic E-state index is -1.22. The molecule has 0 fully saturated rings. The highest BCUT2D eigenvalue weighted by Crippen LogP contribution is 2.19. The molecule has 7 heteroatoms. The minimum Gasteiger partial charge on any atom is -0.382 e. The van der Waals surface area contributed by atoms with Crippen molar-refractivity contribution in [3.8, 4) is 0 Å². The molecule has 0 bridgehead atoms. The van der Waals surface area contributed by atoms with Gasteiger partial charge >= 0.3 is 0 Å². The maximum Gasteiger partial charge on any atom is 0.141 e. The third-order valence-corrected chi connectivity index (χ3v) is 13.9. The Morgan fingerprint density at radius 3 is 1.82 bits per heavy atom. The normalized spacial score (nSPS) is 14.5. The fourth-order valence-corrected chi connectivity index (χ4v) is 14.0. The first kappa shape index (κ1) is 22.5. The van der Waals surface area contributed by atoms with Crippen LogP contribution in [-0.2, 0) is 14.2 Å². The van der Waals surface area contributed by atoms with Crippen LogP contribution in [0.25, 0.3) is 0 Å². The number of hydrogen-bond donors (Lipinski definition) is 0. The molecule has 4 nitrogen and oxygen atoms in total. The molecule has 0 aliphatic carbocycles. The molecule has 0 N–H and O–H groups in total. The van der Waals surface area contributed by atoms with E-state index >= 15 is 0 Å². The Bertz CT molecular complexity index is 285. The summed E-state index contributed by atoms with van der Waals surface area (Å²) in [4.78, 5) is 0. The second-order valence-electron chi connectivity index (χ2n) is 8.10. The summed E-state index contributed by atoms with van der Waals surface area (Å²) >= 11 is 0. The van der Waals surface area contributed by atoms with Crippen molar-refractivity contribution in [2.45, 2.75) is 64.1 Å². The average Bonchev–Trinajstić information content (AvgIpc) is 2.38. The Balaban J connectivity index is 3.93. The van der Waals surface area contributed by atoms with Crippen molar-refractivity contribution in [2.24, 2.45) is 0 Å². The van der Waals surface area contributed by atoms with Crippen molar-refractivity contribution in [2.75, 3.05) is 34.0 Å². The zero-order chi connectivity index (χ0) is 17.4. The van der Waals surface area contributed by atoms with Gasteiger partial charge in [-0.25, -0.2) is 0 Å². The lowest BCUT2D eigenvalue weighted by Crippen LogP contribution is -2.59. The van der Waals surface area contributed by atoms with Gasteiger partial charge in [-0.3, -0.25) is 0 Å². The first-order valence-electron chi connectivity index (χ1n) is 8.42. The molecule has 0 atom stereocenters. The van der Waals surface area contributed by atoms with Crippen LogP contribution in [0.4, 0.5) is 0 Å². The van der Waals surface area contributed by atoms with E-state index in [1.165, 1.54) is 6.54 Å². The van der Waals surface area contributed by atoms with E-state index in [1.807, 2.05) is 6.92 Å². The third kappa shape index (κ3) is 8.95. The molecule has 0 amide bonds. The Morgan fingerprint density at radius 1 is 0.909 bits per heavy atom. The van der Waals surface area contributed by atoms with Crippen LogP contribution in [0.15, 0.2) is 0 Å². The lowest BCUT2D eigenvalue weighted by molar-refractivity contribution is -0.131. The monoisotopic (exact) mass is 365 g/mol. The van der Waals surface area contributed by atoms with Gasteiger partial charge in [0.1, 0.15) is 21.9 Å². The molecule has 134 valence electrons. The number of rotatable bonds is 12. The zero-order valence-corrected chi connectivity index (χ0v) is 19.8. The highest BCUT2D eigenvalue weighted by Gasteiger charge is 2.33. The number of methoxy groups -OCH3 is 2. The minimum absolute atomic E-state index is 0.337. The summed E-state index contributed by atoms with van der Waals surface area (Å²) in [6.07, 6.45) is 1.14. The largest absolute Gasteiger partial charge is 0.382 e. The van der Waals surface area contributed by atoms with Crippen molar-refractivity contribution in [1.82, 2.24) is 4.23 Å². The Labute approximate surface area is 142 Å². The lowest BCUT2D eigenvalue weighted by atomic mass is 10.5. The molecular weight excluding hydrogens is 326 g/mol. The fourth-order valence-electron chi connectivity index (χ4n) is 2.89. The molecule has 0 saturated carbocycles. The van der Waals surface area contributed by atoms with E-state index < -0.39 is 26.0 Å². The molecule has 0 saturated heterocycles. The first-order valence-corrected chi connectivity index (χ1v) is 17.0. The van der Waals surface area contributed by atoms with Gasteiger partial charge in [0, 0.05) is 27.4 Å². The van der Waals surface area contributed by atoms with Crippen LogP contribution in [0.3, 0.4) is 0 Å².